The number of ether oxygens (including phenoxy) is 1. The lowest BCUT2D eigenvalue weighted by Gasteiger charge is -2.20. The van der Waals surface area contributed by atoms with E-state index in [-0.39, 0.29) is 11.9 Å². The van der Waals surface area contributed by atoms with E-state index < -0.39 is 0 Å². The Morgan fingerprint density at radius 2 is 2.19 bits per heavy atom. The van der Waals surface area contributed by atoms with Crippen molar-refractivity contribution in [2.24, 2.45) is 0 Å². The summed E-state index contributed by atoms with van der Waals surface area (Å²) in [6.07, 6.45) is 3.78. The minimum absolute atomic E-state index is 0.0930. The molecular formula is C21H21N3O2S. The Kier molecular flexibility index (Phi) is 4.90. The molecule has 2 aromatic heterocycles. The molecule has 6 heteroatoms. The maximum atomic E-state index is 12.8. The number of aromatic nitrogens is 2. The van der Waals surface area contributed by atoms with Gasteiger partial charge in [-0.2, -0.15) is 0 Å². The second-order valence-electron chi connectivity index (χ2n) is 6.66. The van der Waals surface area contributed by atoms with Crippen molar-refractivity contribution in [3.8, 4) is 16.5 Å². The van der Waals surface area contributed by atoms with Gasteiger partial charge in [0.2, 0.25) is 0 Å². The third kappa shape index (κ3) is 3.71. The Balaban J connectivity index is 1.51. The molecule has 0 spiro atoms. The molecule has 5 nitrogen and oxygen atoms in total. The van der Waals surface area contributed by atoms with Crippen LogP contribution in [-0.2, 0) is 6.42 Å². The van der Waals surface area contributed by atoms with Gasteiger partial charge in [-0.3, -0.25) is 9.78 Å². The summed E-state index contributed by atoms with van der Waals surface area (Å²) >= 11 is 1.38. The molecule has 1 amide bonds. The van der Waals surface area contributed by atoms with Gasteiger partial charge in [0.1, 0.15) is 15.6 Å². The fourth-order valence-corrected chi connectivity index (χ4v) is 4.15. The Bertz CT molecular complexity index is 969. The van der Waals surface area contributed by atoms with Crippen LogP contribution in [0.5, 0.6) is 5.75 Å². The number of fused-ring (bicyclic) bond motifs is 1. The van der Waals surface area contributed by atoms with Gasteiger partial charge in [0.25, 0.3) is 5.91 Å². The SMILES string of the molecule is Cc1nc(-c2ccccn2)sc1C(=O)N[C@@H](C)c1ccc2c(c1)CCCO2. The van der Waals surface area contributed by atoms with E-state index in [0.717, 1.165) is 47.2 Å². The number of nitrogens with zero attached hydrogens (tertiary/aromatic N) is 2. The molecule has 1 atom stereocenters. The zero-order valence-electron chi connectivity index (χ0n) is 15.4. The van der Waals surface area contributed by atoms with Crippen molar-refractivity contribution >= 4 is 17.2 Å². The third-order valence-corrected chi connectivity index (χ3v) is 5.85. The van der Waals surface area contributed by atoms with E-state index in [1.165, 1.54) is 16.9 Å². The van der Waals surface area contributed by atoms with Crippen molar-refractivity contribution in [1.29, 1.82) is 0 Å². The molecule has 1 N–H and O–H groups in total. The molecule has 4 rings (SSSR count). The Morgan fingerprint density at radius 1 is 1.30 bits per heavy atom. The molecule has 138 valence electrons. The van der Waals surface area contributed by atoms with Crippen LogP contribution in [0.15, 0.2) is 42.6 Å². The number of nitrogens with one attached hydrogen (secondary N) is 1. The summed E-state index contributed by atoms with van der Waals surface area (Å²) in [6.45, 7) is 4.64. The van der Waals surface area contributed by atoms with Crippen molar-refractivity contribution < 1.29 is 9.53 Å². The fourth-order valence-electron chi connectivity index (χ4n) is 3.20. The summed E-state index contributed by atoms with van der Waals surface area (Å²) in [5.74, 6) is 0.857. The number of carbonyl (C=O) groups excluding carboxylic acids is 1. The lowest BCUT2D eigenvalue weighted by atomic mass is 10.00. The van der Waals surface area contributed by atoms with Crippen LogP contribution in [0.2, 0.25) is 0 Å². The molecule has 0 unspecified atom stereocenters. The fraction of sp³-hybridized carbons (Fsp3) is 0.286. The molecule has 27 heavy (non-hydrogen) atoms. The maximum Gasteiger partial charge on any atom is 0.263 e. The second-order valence-corrected chi connectivity index (χ2v) is 7.66. The highest BCUT2D eigenvalue weighted by atomic mass is 32.1. The number of benzene rings is 1. The van der Waals surface area contributed by atoms with Gasteiger partial charge in [0.15, 0.2) is 0 Å². The highest BCUT2D eigenvalue weighted by molar-refractivity contribution is 7.17. The summed E-state index contributed by atoms with van der Waals surface area (Å²) in [6, 6.07) is 11.8. The van der Waals surface area contributed by atoms with E-state index in [0.29, 0.717) is 4.88 Å². The van der Waals surface area contributed by atoms with Crippen LogP contribution in [0.25, 0.3) is 10.7 Å². The van der Waals surface area contributed by atoms with Crippen molar-refractivity contribution in [3.63, 3.8) is 0 Å². The first-order valence-corrected chi connectivity index (χ1v) is 9.89. The van der Waals surface area contributed by atoms with E-state index in [4.69, 9.17) is 4.74 Å². The maximum absolute atomic E-state index is 12.8. The second kappa shape index (κ2) is 7.48. The predicted molar refractivity (Wildman–Crippen MR) is 106 cm³/mol. The van der Waals surface area contributed by atoms with Crippen LogP contribution >= 0.6 is 11.3 Å². The van der Waals surface area contributed by atoms with Crippen LogP contribution in [-0.4, -0.2) is 22.5 Å². The standard InChI is InChI=1S/C21H21N3O2S/c1-13(15-8-9-18-16(12-15)6-5-11-26-18)23-20(25)19-14(2)24-21(27-19)17-7-3-4-10-22-17/h3-4,7-10,12-13H,5-6,11H2,1-2H3,(H,23,25)/t13-/m0/s1. The molecule has 1 aliphatic rings. The molecule has 1 aliphatic heterocycles. The number of aryl methyl sites for hydroxylation is 2. The van der Waals surface area contributed by atoms with Gasteiger partial charge >= 0.3 is 0 Å². The zero-order valence-corrected chi connectivity index (χ0v) is 16.2. The first-order valence-electron chi connectivity index (χ1n) is 9.07. The molecular weight excluding hydrogens is 358 g/mol. The predicted octanol–water partition coefficient (Wildman–Crippen LogP) is 4.33. The zero-order chi connectivity index (χ0) is 18.8. The van der Waals surface area contributed by atoms with Gasteiger partial charge in [-0.05, 0) is 56.0 Å². The summed E-state index contributed by atoms with van der Waals surface area (Å²) in [5, 5.41) is 3.86. The van der Waals surface area contributed by atoms with Crippen LogP contribution in [0, 0.1) is 6.92 Å². The van der Waals surface area contributed by atoms with Crippen LogP contribution in [0.1, 0.15) is 45.9 Å². The third-order valence-electron chi connectivity index (χ3n) is 4.67. The Hall–Kier alpha value is -2.73. The number of hydrogen-bond acceptors (Lipinski definition) is 5. The molecule has 3 heterocycles. The van der Waals surface area contributed by atoms with Gasteiger partial charge in [-0.25, -0.2) is 4.98 Å². The summed E-state index contributed by atoms with van der Waals surface area (Å²) in [5.41, 5.74) is 3.81. The lowest BCUT2D eigenvalue weighted by molar-refractivity contribution is 0.0943. The van der Waals surface area contributed by atoms with Crippen LogP contribution < -0.4 is 10.1 Å². The largest absolute Gasteiger partial charge is 0.493 e. The summed E-state index contributed by atoms with van der Waals surface area (Å²) < 4.78 is 5.67. The average molecular weight is 379 g/mol. The van der Waals surface area contributed by atoms with Crippen LogP contribution in [0.4, 0.5) is 0 Å². The van der Waals surface area contributed by atoms with Crippen molar-refractivity contribution in [2.45, 2.75) is 32.7 Å². The molecule has 0 fully saturated rings. The topological polar surface area (TPSA) is 64.1 Å². The highest BCUT2D eigenvalue weighted by Gasteiger charge is 2.20. The van der Waals surface area contributed by atoms with E-state index in [9.17, 15) is 4.79 Å². The van der Waals surface area contributed by atoms with Crippen LogP contribution in [0.3, 0.4) is 0 Å². The minimum atomic E-state index is -0.103. The van der Waals surface area contributed by atoms with Gasteiger partial charge in [-0.15, -0.1) is 11.3 Å². The number of carbonyl (C=O) groups is 1. The van der Waals surface area contributed by atoms with E-state index in [2.05, 4.69) is 21.4 Å². The van der Waals surface area contributed by atoms with Gasteiger partial charge in [0, 0.05) is 6.20 Å². The van der Waals surface area contributed by atoms with E-state index in [1.807, 2.05) is 44.2 Å². The molecule has 0 saturated heterocycles. The van der Waals surface area contributed by atoms with E-state index >= 15 is 0 Å². The molecule has 0 radical (unpaired) electrons. The highest BCUT2D eigenvalue weighted by Crippen LogP contribution is 2.29. The van der Waals surface area contributed by atoms with Gasteiger partial charge in [-0.1, -0.05) is 18.2 Å². The first kappa shape index (κ1) is 17.7. The molecule has 0 saturated carbocycles. The molecule has 0 aliphatic carbocycles. The minimum Gasteiger partial charge on any atom is -0.493 e. The quantitative estimate of drug-likeness (QED) is 0.733. The Morgan fingerprint density at radius 3 is 3.00 bits per heavy atom. The number of rotatable bonds is 4. The number of amides is 1. The average Bonchev–Trinajstić information content (AvgIpc) is 3.10. The monoisotopic (exact) mass is 379 g/mol. The number of hydrogen-bond donors (Lipinski definition) is 1. The summed E-state index contributed by atoms with van der Waals surface area (Å²) in [7, 11) is 0. The Labute approximate surface area is 162 Å². The molecule has 0 bridgehead atoms. The van der Waals surface area contributed by atoms with Gasteiger partial charge in [0.05, 0.1) is 24.0 Å². The smallest absolute Gasteiger partial charge is 0.263 e. The van der Waals surface area contributed by atoms with Crippen molar-refractivity contribution in [2.75, 3.05) is 6.61 Å². The lowest BCUT2D eigenvalue weighted by Crippen LogP contribution is -2.26. The number of thiazole rings is 1. The molecule has 3 aromatic rings. The van der Waals surface area contributed by atoms with Gasteiger partial charge < -0.3 is 10.1 Å². The van der Waals surface area contributed by atoms with Crippen molar-refractivity contribution in [1.82, 2.24) is 15.3 Å². The normalized spacial score (nSPS) is 14.1. The van der Waals surface area contributed by atoms with Crippen molar-refractivity contribution in [3.05, 3.63) is 64.3 Å². The first-order chi connectivity index (χ1) is 13.1. The summed E-state index contributed by atoms with van der Waals surface area (Å²) in [4.78, 5) is 22.3. The molecule has 1 aromatic carbocycles. The number of pyridine rings is 1. The van der Waals surface area contributed by atoms with E-state index in [1.54, 1.807) is 6.20 Å².